The maximum Gasteiger partial charge on any atom is 0.163 e. The molecule has 156 valence electrons. The van der Waals surface area contributed by atoms with Gasteiger partial charge in [0.25, 0.3) is 0 Å². The normalized spacial score (nSPS) is 19.6. The number of benzene rings is 1. The standard InChI is InChI=1S/C24H29N5O/c1-4-10-24(11-5-1,29-13-15-30-16-14-29)18-26-23-20-8-2-3-9-21(20)27-22(28-23)19-7-6-12-25-17-19/h2-3,6-9,12,17H,1,4-5,10-11,13-16,18H2,(H,26,27,28). The highest BCUT2D eigenvalue weighted by Gasteiger charge is 2.38. The molecule has 2 fully saturated rings. The van der Waals surface area contributed by atoms with Crippen molar-refractivity contribution < 1.29 is 4.74 Å². The zero-order valence-electron chi connectivity index (χ0n) is 17.4. The van der Waals surface area contributed by atoms with Crippen LogP contribution in [0.1, 0.15) is 32.1 Å². The summed E-state index contributed by atoms with van der Waals surface area (Å²) in [7, 11) is 0. The van der Waals surface area contributed by atoms with Gasteiger partial charge in [-0.1, -0.05) is 31.4 Å². The highest BCUT2D eigenvalue weighted by atomic mass is 16.5. The topological polar surface area (TPSA) is 63.2 Å². The quantitative estimate of drug-likeness (QED) is 0.691. The van der Waals surface area contributed by atoms with E-state index >= 15 is 0 Å². The van der Waals surface area contributed by atoms with Crippen molar-refractivity contribution in [3.63, 3.8) is 0 Å². The Morgan fingerprint density at radius 2 is 1.80 bits per heavy atom. The van der Waals surface area contributed by atoms with Gasteiger partial charge in [0, 0.05) is 48.5 Å². The minimum atomic E-state index is 0.183. The van der Waals surface area contributed by atoms with Crippen molar-refractivity contribution in [1.82, 2.24) is 19.9 Å². The third-order valence-corrected chi connectivity index (χ3v) is 6.57. The van der Waals surface area contributed by atoms with Crippen LogP contribution in [0.4, 0.5) is 5.82 Å². The van der Waals surface area contributed by atoms with E-state index in [-0.39, 0.29) is 5.54 Å². The molecule has 0 unspecified atom stereocenters. The number of fused-ring (bicyclic) bond motifs is 1. The molecule has 1 aromatic carbocycles. The van der Waals surface area contributed by atoms with Gasteiger partial charge in [0.2, 0.25) is 0 Å². The van der Waals surface area contributed by atoms with E-state index in [0.29, 0.717) is 5.82 Å². The van der Waals surface area contributed by atoms with Gasteiger partial charge >= 0.3 is 0 Å². The van der Waals surface area contributed by atoms with Crippen molar-refractivity contribution in [2.24, 2.45) is 0 Å². The number of rotatable bonds is 5. The van der Waals surface area contributed by atoms with Gasteiger partial charge in [-0.3, -0.25) is 9.88 Å². The molecule has 1 saturated carbocycles. The molecular formula is C24H29N5O. The van der Waals surface area contributed by atoms with Crippen LogP contribution in [0.5, 0.6) is 0 Å². The van der Waals surface area contributed by atoms with Gasteiger partial charge in [-0.15, -0.1) is 0 Å². The molecule has 3 aromatic rings. The summed E-state index contributed by atoms with van der Waals surface area (Å²) in [6.45, 7) is 4.62. The predicted molar refractivity (Wildman–Crippen MR) is 119 cm³/mol. The Kier molecular flexibility index (Phi) is 5.60. The number of morpholine rings is 1. The highest BCUT2D eigenvalue weighted by molar-refractivity contribution is 5.90. The third-order valence-electron chi connectivity index (χ3n) is 6.57. The van der Waals surface area contributed by atoms with E-state index in [4.69, 9.17) is 14.7 Å². The second kappa shape index (κ2) is 8.66. The van der Waals surface area contributed by atoms with E-state index in [9.17, 15) is 0 Å². The van der Waals surface area contributed by atoms with Crippen LogP contribution in [0.25, 0.3) is 22.3 Å². The van der Waals surface area contributed by atoms with Crippen LogP contribution >= 0.6 is 0 Å². The number of nitrogens with one attached hydrogen (secondary N) is 1. The van der Waals surface area contributed by atoms with Crippen molar-refractivity contribution in [2.75, 3.05) is 38.2 Å². The Balaban J connectivity index is 1.47. The van der Waals surface area contributed by atoms with E-state index in [1.54, 1.807) is 6.20 Å². The molecule has 1 aliphatic carbocycles. The van der Waals surface area contributed by atoms with Crippen molar-refractivity contribution in [2.45, 2.75) is 37.6 Å². The second-order valence-corrected chi connectivity index (χ2v) is 8.39. The van der Waals surface area contributed by atoms with Crippen LogP contribution in [-0.2, 0) is 4.74 Å². The minimum Gasteiger partial charge on any atom is -0.379 e. The van der Waals surface area contributed by atoms with Gasteiger partial charge < -0.3 is 10.1 Å². The summed E-state index contributed by atoms with van der Waals surface area (Å²) in [5.74, 6) is 1.63. The maximum absolute atomic E-state index is 5.63. The van der Waals surface area contributed by atoms with E-state index in [0.717, 1.165) is 55.1 Å². The lowest BCUT2D eigenvalue weighted by molar-refractivity contribution is -0.0318. The lowest BCUT2D eigenvalue weighted by atomic mass is 9.79. The van der Waals surface area contributed by atoms with Gasteiger partial charge in [0.15, 0.2) is 5.82 Å². The summed E-state index contributed by atoms with van der Waals surface area (Å²) in [6, 6.07) is 12.2. The summed E-state index contributed by atoms with van der Waals surface area (Å²) in [5.41, 5.74) is 2.08. The molecule has 0 amide bonds. The number of pyridine rings is 1. The average Bonchev–Trinajstić information content (AvgIpc) is 2.84. The fourth-order valence-electron chi connectivity index (χ4n) is 4.94. The summed E-state index contributed by atoms with van der Waals surface area (Å²) >= 11 is 0. The molecule has 30 heavy (non-hydrogen) atoms. The molecule has 6 heteroatoms. The summed E-state index contributed by atoms with van der Waals surface area (Å²) in [5, 5.41) is 4.82. The Labute approximate surface area is 177 Å². The number of hydrogen-bond acceptors (Lipinski definition) is 6. The lowest BCUT2D eigenvalue weighted by Gasteiger charge is -2.48. The molecular weight excluding hydrogens is 374 g/mol. The largest absolute Gasteiger partial charge is 0.379 e. The van der Waals surface area contributed by atoms with Crippen LogP contribution in [0.15, 0.2) is 48.8 Å². The smallest absolute Gasteiger partial charge is 0.163 e. The minimum absolute atomic E-state index is 0.183. The molecule has 1 N–H and O–H groups in total. The van der Waals surface area contributed by atoms with E-state index in [1.807, 2.05) is 24.4 Å². The molecule has 0 radical (unpaired) electrons. The first kappa shape index (κ1) is 19.4. The Bertz CT molecular complexity index is 981. The Morgan fingerprint density at radius 1 is 0.967 bits per heavy atom. The highest BCUT2D eigenvalue weighted by Crippen LogP contribution is 2.35. The van der Waals surface area contributed by atoms with E-state index in [1.165, 1.54) is 32.1 Å². The van der Waals surface area contributed by atoms with Crippen LogP contribution < -0.4 is 5.32 Å². The molecule has 3 heterocycles. The maximum atomic E-state index is 5.63. The molecule has 1 saturated heterocycles. The summed E-state index contributed by atoms with van der Waals surface area (Å²) in [6.07, 6.45) is 10.0. The number of hydrogen-bond donors (Lipinski definition) is 1. The first-order valence-electron chi connectivity index (χ1n) is 11.1. The van der Waals surface area contributed by atoms with Crippen molar-refractivity contribution >= 4 is 16.7 Å². The monoisotopic (exact) mass is 403 g/mol. The lowest BCUT2D eigenvalue weighted by Crippen LogP contribution is -2.58. The van der Waals surface area contributed by atoms with E-state index < -0.39 is 0 Å². The van der Waals surface area contributed by atoms with Crippen molar-refractivity contribution in [3.05, 3.63) is 48.8 Å². The molecule has 0 spiro atoms. The molecule has 5 rings (SSSR count). The van der Waals surface area contributed by atoms with Crippen LogP contribution in [-0.4, -0.2) is 58.2 Å². The van der Waals surface area contributed by atoms with Gasteiger partial charge in [-0.25, -0.2) is 9.97 Å². The fraction of sp³-hybridized carbons (Fsp3) is 0.458. The summed E-state index contributed by atoms with van der Waals surface area (Å²) in [4.78, 5) is 16.6. The molecule has 0 atom stereocenters. The Morgan fingerprint density at radius 3 is 2.60 bits per heavy atom. The SMILES string of the molecule is c1cncc(-c2nc(NCC3(N4CCOCC4)CCCCC3)c3ccccc3n2)c1. The van der Waals surface area contributed by atoms with Crippen LogP contribution in [0.3, 0.4) is 0 Å². The number of anilines is 1. The molecule has 0 bridgehead atoms. The van der Waals surface area contributed by atoms with E-state index in [2.05, 4.69) is 33.4 Å². The van der Waals surface area contributed by atoms with Crippen molar-refractivity contribution in [1.29, 1.82) is 0 Å². The zero-order chi connectivity index (χ0) is 20.2. The van der Waals surface area contributed by atoms with Gasteiger partial charge in [-0.2, -0.15) is 0 Å². The van der Waals surface area contributed by atoms with Crippen LogP contribution in [0, 0.1) is 0 Å². The molecule has 2 aliphatic rings. The predicted octanol–water partition coefficient (Wildman–Crippen LogP) is 4.14. The fourth-order valence-corrected chi connectivity index (χ4v) is 4.94. The number of ether oxygens (including phenoxy) is 1. The van der Waals surface area contributed by atoms with Gasteiger partial charge in [0.1, 0.15) is 5.82 Å². The average molecular weight is 404 g/mol. The van der Waals surface area contributed by atoms with Crippen molar-refractivity contribution in [3.8, 4) is 11.4 Å². The first-order valence-corrected chi connectivity index (χ1v) is 11.1. The Hall–Kier alpha value is -2.57. The number of nitrogens with zero attached hydrogens (tertiary/aromatic N) is 4. The van der Waals surface area contributed by atoms with Gasteiger partial charge in [0.05, 0.1) is 18.7 Å². The third kappa shape index (κ3) is 3.89. The van der Waals surface area contributed by atoms with Gasteiger partial charge in [-0.05, 0) is 37.1 Å². The zero-order valence-corrected chi connectivity index (χ0v) is 17.4. The molecule has 1 aliphatic heterocycles. The first-order chi connectivity index (χ1) is 14.8. The summed E-state index contributed by atoms with van der Waals surface area (Å²) < 4.78 is 5.63. The molecule has 2 aromatic heterocycles. The second-order valence-electron chi connectivity index (χ2n) is 8.39. The van der Waals surface area contributed by atoms with Crippen LogP contribution in [0.2, 0.25) is 0 Å². The number of aromatic nitrogens is 3. The number of para-hydroxylation sites is 1. The molecule has 6 nitrogen and oxygen atoms in total.